The molecule has 0 aliphatic carbocycles. The van der Waals surface area contributed by atoms with Crippen LogP contribution in [0.25, 0.3) is 0 Å². The quantitative estimate of drug-likeness (QED) is 0.478. The largest absolute Gasteiger partial charge is 0.364 e. The van der Waals surface area contributed by atoms with Gasteiger partial charge in [0.2, 0.25) is 0 Å². The van der Waals surface area contributed by atoms with E-state index in [1.54, 1.807) is 7.05 Å². The minimum atomic E-state index is -0.584. The second kappa shape index (κ2) is 8.66. The molecular weight excluding hydrogens is 346 g/mol. The maximum atomic E-state index is 13.9. The SMILES string of the molecule is CN=C(NCc1ccc(N2CC=CC2)cc1)NC(C)c1ccc(F)cc1F. The van der Waals surface area contributed by atoms with E-state index in [1.165, 1.54) is 17.8 Å². The molecule has 0 bridgehead atoms. The molecule has 142 valence electrons. The standard InChI is InChI=1S/C21H24F2N4/c1-15(19-10-7-17(22)13-20(19)23)26-21(24-2)25-14-16-5-8-18(9-6-16)27-11-3-4-12-27/h3-10,13,15H,11-12,14H2,1-2H3,(H2,24,25,26). The van der Waals surface area contributed by atoms with E-state index in [-0.39, 0.29) is 6.04 Å². The van der Waals surface area contributed by atoms with E-state index < -0.39 is 11.6 Å². The maximum absolute atomic E-state index is 13.9. The van der Waals surface area contributed by atoms with Gasteiger partial charge in [-0.1, -0.05) is 30.4 Å². The molecule has 1 aliphatic heterocycles. The molecule has 0 aromatic heterocycles. The highest BCUT2D eigenvalue weighted by molar-refractivity contribution is 5.80. The average molecular weight is 370 g/mol. The Kier molecular flexibility index (Phi) is 6.06. The molecule has 1 heterocycles. The van der Waals surface area contributed by atoms with Crippen molar-refractivity contribution in [2.24, 2.45) is 4.99 Å². The van der Waals surface area contributed by atoms with Crippen LogP contribution in [0.2, 0.25) is 0 Å². The lowest BCUT2D eigenvalue weighted by Crippen LogP contribution is -2.38. The molecule has 2 aromatic rings. The number of guanidine groups is 1. The smallest absolute Gasteiger partial charge is 0.191 e. The number of aliphatic imine (C=N–C) groups is 1. The Labute approximate surface area is 158 Å². The highest BCUT2D eigenvalue weighted by Gasteiger charge is 2.13. The van der Waals surface area contributed by atoms with Crippen LogP contribution in [0.5, 0.6) is 0 Å². The molecule has 2 N–H and O–H groups in total. The third kappa shape index (κ3) is 4.84. The minimum absolute atomic E-state index is 0.346. The van der Waals surface area contributed by atoms with Gasteiger partial charge < -0.3 is 15.5 Å². The van der Waals surface area contributed by atoms with Crippen LogP contribution in [0, 0.1) is 11.6 Å². The van der Waals surface area contributed by atoms with Crippen molar-refractivity contribution in [1.82, 2.24) is 10.6 Å². The number of halogens is 2. The van der Waals surface area contributed by atoms with Gasteiger partial charge in [-0.2, -0.15) is 0 Å². The van der Waals surface area contributed by atoms with Gasteiger partial charge in [-0.3, -0.25) is 4.99 Å². The number of benzene rings is 2. The maximum Gasteiger partial charge on any atom is 0.191 e. The summed E-state index contributed by atoms with van der Waals surface area (Å²) in [6, 6.07) is 11.6. The van der Waals surface area contributed by atoms with Gasteiger partial charge in [0.15, 0.2) is 5.96 Å². The van der Waals surface area contributed by atoms with Gasteiger partial charge in [0.05, 0.1) is 6.04 Å². The lowest BCUT2D eigenvalue weighted by Gasteiger charge is -2.20. The molecule has 1 atom stereocenters. The lowest BCUT2D eigenvalue weighted by molar-refractivity contribution is 0.551. The zero-order valence-corrected chi connectivity index (χ0v) is 15.5. The van der Waals surface area contributed by atoms with Gasteiger partial charge in [-0.05, 0) is 30.7 Å². The molecule has 6 heteroatoms. The number of hydrogen-bond donors (Lipinski definition) is 2. The molecule has 0 radical (unpaired) electrons. The zero-order valence-electron chi connectivity index (χ0n) is 15.5. The van der Waals surface area contributed by atoms with Crippen molar-refractivity contribution in [3.63, 3.8) is 0 Å². The number of hydrogen-bond acceptors (Lipinski definition) is 2. The number of rotatable bonds is 5. The molecule has 2 aromatic carbocycles. The summed E-state index contributed by atoms with van der Waals surface area (Å²) in [6.45, 7) is 4.30. The predicted molar refractivity (Wildman–Crippen MR) is 106 cm³/mol. The lowest BCUT2D eigenvalue weighted by atomic mass is 10.1. The molecule has 27 heavy (non-hydrogen) atoms. The van der Waals surface area contributed by atoms with Crippen LogP contribution in [0.4, 0.5) is 14.5 Å². The first kappa shape index (κ1) is 18.9. The first-order valence-corrected chi connectivity index (χ1v) is 8.98. The molecule has 1 aliphatic rings. The molecular formula is C21H24F2N4. The first-order valence-electron chi connectivity index (χ1n) is 8.98. The molecule has 0 saturated heterocycles. The summed E-state index contributed by atoms with van der Waals surface area (Å²) in [4.78, 5) is 6.47. The fourth-order valence-corrected chi connectivity index (χ4v) is 3.03. The Morgan fingerprint density at radius 1 is 1.11 bits per heavy atom. The molecule has 0 amide bonds. The molecule has 4 nitrogen and oxygen atoms in total. The first-order chi connectivity index (χ1) is 13.1. The van der Waals surface area contributed by atoms with Crippen LogP contribution in [0.15, 0.2) is 59.6 Å². The van der Waals surface area contributed by atoms with Gasteiger partial charge >= 0.3 is 0 Å². The van der Waals surface area contributed by atoms with Crippen LogP contribution in [0.1, 0.15) is 24.1 Å². The van der Waals surface area contributed by atoms with Crippen molar-refractivity contribution >= 4 is 11.6 Å². The fraction of sp³-hybridized carbons (Fsp3) is 0.286. The van der Waals surface area contributed by atoms with E-state index in [2.05, 4.69) is 56.9 Å². The van der Waals surface area contributed by atoms with E-state index in [1.807, 2.05) is 6.92 Å². The summed E-state index contributed by atoms with van der Waals surface area (Å²) in [5.74, 6) is -0.601. The Morgan fingerprint density at radius 3 is 2.44 bits per heavy atom. The van der Waals surface area contributed by atoms with Crippen LogP contribution < -0.4 is 15.5 Å². The topological polar surface area (TPSA) is 39.7 Å². The summed E-state index contributed by atoms with van der Waals surface area (Å²) in [7, 11) is 1.66. The van der Waals surface area contributed by atoms with Crippen molar-refractivity contribution in [3.8, 4) is 0 Å². The second-order valence-electron chi connectivity index (χ2n) is 6.50. The number of nitrogens with zero attached hydrogens (tertiary/aromatic N) is 2. The summed E-state index contributed by atoms with van der Waals surface area (Å²) >= 11 is 0. The van der Waals surface area contributed by atoms with E-state index >= 15 is 0 Å². The van der Waals surface area contributed by atoms with Crippen LogP contribution in [-0.4, -0.2) is 26.1 Å². The molecule has 1 unspecified atom stereocenters. The Morgan fingerprint density at radius 2 is 1.81 bits per heavy atom. The van der Waals surface area contributed by atoms with Gasteiger partial charge in [0, 0.05) is 44.0 Å². The van der Waals surface area contributed by atoms with Crippen LogP contribution >= 0.6 is 0 Å². The zero-order chi connectivity index (χ0) is 19.2. The second-order valence-corrected chi connectivity index (χ2v) is 6.50. The van der Waals surface area contributed by atoms with Crippen molar-refractivity contribution in [2.75, 3.05) is 25.0 Å². The Hall–Kier alpha value is -2.89. The van der Waals surface area contributed by atoms with Gasteiger partial charge in [-0.25, -0.2) is 8.78 Å². The number of anilines is 1. The van der Waals surface area contributed by atoms with Gasteiger partial charge in [0.1, 0.15) is 11.6 Å². The van der Waals surface area contributed by atoms with E-state index in [9.17, 15) is 8.78 Å². The minimum Gasteiger partial charge on any atom is -0.364 e. The Balaban J connectivity index is 1.55. The third-order valence-corrected chi connectivity index (χ3v) is 4.59. The molecule has 0 fully saturated rings. The fourth-order valence-electron chi connectivity index (χ4n) is 3.03. The van der Waals surface area contributed by atoms with E-state index in [0.29, 0.717) is 18.1 Å². The van der Waals surface area contributed by atoms with Crippen LogP contribution in [-0.2, 0) is 6.54 Å². The summed E-state index contributed by atoms with van der Waals surface area (Å²) in [5.41, 5.74) is 2.71. The molecule has 3 rings (SSSR count). The van der Waals surface area contributed by atoms with Crippen molar-refractivity contribution in [3.05, 3.63) is 77.4 Å². The summed E-state index contributed by atoms with van der Waals surface area (Å²) in [6.07, 6.45) is 4.33. The molecule has 0 saturated carbocycles. The van der Waals surface area contributed by atoms with Crippen LogP contribution in [0.3, 0.4) is 0 Å². The summed E-state index contributed by atoms with van der Waals surface area (Å²) < 4.78 is 27.0. The molecule has 0 spiro atoms. The average Bonchev–Trinajstić information content (AvgIpc) is 3.20. The predicted octanol–water partition coefficient (Wildman–Crippen LogP) is 3.77. The van der Waals surface area contributed by atoms with Crippen molar-refractivity contribution in [2.45, 2.75) is 19.5 Å². The monoisotopic (exact) mass is 370 g/mol. The highest BCUT2D eigenvalue weighted by atomic mass is 19.1. The van der Waals surface area contributed by atoms with Crippen molar-refractivity contribution in [1.29, 1.82) is 0 Å². The normalized spacial score (nSPS) is 15.1. The van der Waals surface area contributed by atoms with Crippen molar-refractivity contribution < 1.29 is 8.78 Å². The van der Waals surface area contributed by atoms with Gasteiger partial charge in [-0.15, -0.1) is 0 Å². The highest BCUT2D eigenvalue weighted by Crippen LogP contribution is 2.19. The number of nitrogens with one attached hydrogen (secondary N) is 2. The summed E-state index contributed by atoms with van der Waals surface area (Å²) in [5, 5.41) is 6.35. The Bertz CT molecular complexity index is 823. The van der Waals surface area contributed by atoms with E-state index in [0.717, 1.165) is 24.7 Å². The van der Waals surface area contributed by atoms with E-state index in [4.69, 9.17) is 0 Å². The third-order valence-electron chi connectivity index (χ3n) is 4.59. The van der Waals surface area contributed by atoms with Gasteiger partial charge in [0.25, 0.3) is 0 Å².